The number of hydrogen-bond acceptors (Lipinski definition) is 5. The largest absolute Gasteiger partial charge is 0.290 e. The molecule has 132 valence electrons. The summed E-state index contributed by atoms with van der Waals surface area (Å²) in [5.41, 5.74) is 3.65. The highest BCUT2D eigenvalue weighted by Gasteiger charge is 2.25. The standard InChI is InChI=1S/C18H16N4O4/c1-10-12(7-5-9-14(10)22(25)26)18(24)21-11(2)16(17(23)20-19)13-6-3-4-8-15(13)21/h3-9H,19H2,1-2H3,(H,20,23). The molecule has 3 N–H and O–H groups in total. The van der Waals surface area contributed by atoms with Crippen LogP contribution in [-0.4, -0.2) is 21.3 Å². The van der Waals surface area contributed by atoms with Gasteiger partial charge < -0.3 is 0 Å². The second-order valence-corrected chi connectivity index (χ2v) is 5.80. The third-order valence-corrected chi connectivity index (χ3v) is 4.41. The summed E-state index contributed by atoms with van der Waals surface area (Å²) in [5.74, 6) is 4.31. The van der Waals surface area contributed by atoms with E-state index in [1.807, 2.05) is 0 Å². The molecular formula is C18H16N4O4. The van der Waals surface area contributed by atoms with E-state index >= 15 is 0 Å². The van der Waals surface area contributed by atoms with Crippen molar-refractivity contribution in [1.82, 2.24) is 9.99 Å². The fraction of sp³-hybridized carbons (Fsp3) is 0.111. The number of nitrogens with zero attached hydrogens (tertiary/aromatic N) is 2. The van der Waals surface area contributed by atoms with Gasteiger partial charge in [0.05, 0.1) is 21.6 Å². The lowest BCUT2D eigenvalue weighted by Gasteiger charge is -2.10. The van der Waals surface area contributed by atoms with E-state index in [0.29, 0.717) is 22.2 Å². The van der Waals surface area contributed by atoms with Gasteiger partial charge in [-0.3, -0.25) is 29.7 Å². The molecule has 0 aliphatic carbocycles. The minimum absolute atomic E-state index is 0.134. The Morgan fingerprint density at radius 3 is 2.46 bits per heavy atom. The van der Waals surface area contributed by atoms with Crippen molar-refractivity contribution < 1.29 is 14.5 Å². The first-order valence-corrected chi connectivity index (χ1v) is 7.78. The number of nitrogens with two attached hydrogens (primary N) is 1. The molecule has 0 aliphatic heterocycles. The minimum atomic E-state index is -0.528. The summed E-state index contributed by atoms with van der Waals surface area (Å²) >= 11 is 0. The molecule has 8 heteroatoms. The third kappa shape index (κ3) is 2.52. The maximum absolute atomic E-state index is 13.2. The Balaban J connectivity index is 2.29. The third-order valence-electron chi connectivity index (χ3n) is 4.41. The van der Waals surface area contributed by atoms with Gasteiger partial charge >= 0.3 is 0 Å². The summed E-state index contributed by atoms with van der Waals surface area (Å²) in [6, 6.07) is 11.3. The van der Waals surface area contributed by atoms with Crippen molar-refractivity contribution in [2.45, 2.75) is 13.8 Å². The number of amides is 1. The molecule has 0 fully saturated rings. The summed E-state index contributed by atoms with van der Waals surface area (Å²) in [6.07, 6.45) is 0. The van der Waals surface area contributed by atoms with Crippen LogP contribution in [0.1, 0.15) is 32.0 Å². The van der Waals surface area contributed by atoms with Crippen LogP contribution >= 0.6 is 0 Å². The molecule has 1 amide bonds. The van der Waals surface area contributed by atoms with Crippen LogP contribution in [-0.2, 0) is 0 Å². The van der Waals surface area contributed by atoms with Crippen LogP contribution in [0.25, 0.3) is 10.9 Å². The SMILES string of the molecule is Cc1c(C(=O)n2c(C)c(C(=O)NN)c3ccccc32)cccc1[N+](=O)[O-]. The Morgan fingerprint density at radius 1 is 1.12 bits per heavy atom. The molecule has 3 rings (SSSR count). The molecular weight excluding hydrogens is 336 g/mol. The number of benzene rings is 2. The zero-order valence-corrected chi connectivity index (χ0v) is 14.1. The predicted octanol–water partition coefficient (Wildman–Crippen LogP) is 2.46. The highest BCUT2D eigenvalue weighted by molar-refractivity contribution is 6.13. The molecule has 0 aliphatic rings. The highest BCUT2D eigenvalue weighted by atomic mass is 16.6. The number of rotatable bonds is 3. The van der Waals surface area contributed by atoms with Crippen LogP contribution in [0.15, 0.2) is 42.5 Å². The topological polar surface area (TPSA) is 120 Å². The lowest BCUT2D eigenvalue weighted by molar-refractivity contribution is -0.385. The number of aromatic nitrogens is 1. The Kier molecular flexibility index (Phi) is 4.27. The number of para-hydroxylation sites is 1. The number of nitrogens with one attached hydrogen (secondary N) is 1. The first-order chi connectivity index (χ1) is 12.4. The molecule has 1 aromatic heterocycles. The van der Waals surface area contributed by atoms with Crippen molar-refractivity contribution in [1.29, 1.82) is 0 Å². The number of nitrogen functional groups attached to an aromatic ring is 1. The van der Waals surface area contributed by atoms with Gasteiger partial charge in [0, 0.05) is 22.7 Å². The Morgan fingerprint density at radius 2 is 1.81 bits per heavy atom. The molecule has 0 unspecified atom stereocenters. The maximum Gasteiger partial charge on any atom is 0.273 e. The van der Waals surface area contributed by atoms with Crippen molar-refractivity contribution in [2.24, 2.45) is 5.84 Å². The molecule has 3 aromatic rings. The molecule has 0 radical (unpaired) electrons. The van der Waals surface area contributed by atoms with Crippen molar-refractivity contribution >= 4 is 28.4 Å². The second kappa shape index (κ2) is 6.41. The van der Waals surface area contributed by atoms with E-state index in [1.54, 1.807) is 31.2 Å². The van der Waals surface area contributed by atoms with E-state index in [9.17, 15) is 19.7 Å². The molecule has 2 aromatic carbocycles. The fourth-order valence-electron chi connectivity index (χ4n) is 3.16. The quantitative estimate of drug-likeness (QED) is 0.325. The minimum Gasteiger partial charge on any atom is -0.290 e. The van der Waals surface area contributed by atoms with E-state index in [0.717, 1.165) is 0 Å². The first kappa shape index (κ1) is 17.3. The van der Waals surface area contributed by atoms with E-state index in [-0.39, 0.29) is 16.8 Å². The van der Waals surface area contributed by atoms with Crippen molar-refractivity contribution in [3.05, 3.63) is 75.0 Å². The van der Waals surface area contributed by atoms with Gasteiger partial charge in [0.25, 0.3) is 17.5 Å². The van der Waals surface area contributed by atoms with Crippen LogP contribution in [0, 0.1) is 24.0 Å². The van der Waals surface area contributed by atoms with Crippen LogP contribution in [0.5, 0.6) is 0 Å². The van der Waals surface area contributed by atoms with Crippen molar-refractivity contribution in [2.75, 3.05) is 0 Å². The summed E-state index contributed by atoms with van der Waals surface area (Å²) in [6.45, 7) is 3.16. The molecule has 1 heterocycles. The van der Waals surface area contributed by atoms with E-state index in [1.165, 1.54) is 29.7 Å². The second-order valence-electron chi connectivity index (χ2n) is 5.80. The number of nitro benzene ring substituents is 1. The Labute approximate surface area is 148 Å². The average molecular weight is 352 g/mol. The van der Waals surface area contributed by atoms with E-state index in [2.05, 4.69) is 5.43 Å². The number of hydrogen-bond donors (Lipinski definition) is 2. The van der Waals surface area contributed by atoms with Gasteiger partial charge in [-0.25, -0.2) is 5.84 Å². The molecule has 0 saturated carbocycles. The van der Waals surface area contributed by atoms with Crippen molar-refractivity contribution in [3.63, 3.8) is 0 Å². The summed E-state index contributed by atoms with van der Waals surface area (Å²) < 4.78 is 1.38. The number of nitro groups is 1. The normalized spacial score (nSPS) is 10.7. The van der Waals surface area contributed by atoms with Gasteiger partial charge in [-0.05, 0) is 26.0 Å². The molecule has 0 saturated heterocycles. The first-order valence-electron chi connectivity index (χ1n) is 7.78. The van der Waals surface area contributed by atoms with Crippen LogP contribution < -0.4 is 11.3 Å². The molecule has 8 nitrogen and oxygen atoms in total. The summed E-state index contributed by atoms with van der Waals surface area (Å²) in [5, 5.41) is 11.7. The smallest absolute Gasteiger partial charge is 0.273 e. The van der Waals surface area contributed by atoms with Gasteiger partial charge in [0.1, 0.15) is 0 Å². The fourth-order valence-corrected chi connectivity index (χ4v) is 3.16. The lowest BCUT2D eigenvalue weighted by Crippen LogP contribution is -2.30. The highest BCUT2D eigenvalue weighted by Crippen LogP contribution is 2.29. The molecule has 0 atom stereocenters. The summed E-state index contributed by atoms with van der Waals surface area (Å²) in [4.78, 5) is 36.0. The molecule has 0 bridgehead atoms. The van der Waals surface area contributed by atoms with E-state index in [4.69, 9.17) is 5.84 Å². The van der Waals surface area contributed by atoms with Crippen LogP contribution in [0.3, 0.4) is 0 Å². The number of carbonyl (C=O) groups is 2. The maximum atomic E-state index is 13.2. The summed E-state index contributed by atoms with van der Waals surface area (Å²) in [7, 11) is 0. The lowest BCUT2D eigenvalue weighted by atomic mass is 10.1. The zero-order valence-electron chi connectivity index (χ0n) is 14.1. The van der Waals surface area contributed by atoms with Gasteiger partial charge in [-0.1, -0.05) is 24.3 Å². The van der Waals surface area contributed by atoms with Crippen molar-refractivity contribution in [3.8, 4) is 0 Å². The van der Waals surface area contributed by atoms with Crippen LogP contribution in [0.4, 0.5) is 5.69 Å². The monoisotopic (exact) mass is 352 g/mol. The molecule has 26 heavy (non-hydrogen) atoms. The van der Waals surface area contributed by atoms with Gasteiger partial charge in [-0.15, -0.1) is 0 Å². The Hall–Kier alpha value is -3.52. The van der Waals surface area contributed by atoms with Crippen LogP contribution in [0.2, 0.25) is 0 Å². The molecule has 0 spiro atoms. The zero-order chi connectivity index (χ0) is 19.0. The van der Waals surface area contributed by atoms with Gasteiger partial charge in [0.15, 0.2) is 0 Å². The predicted molar refractivity (Wildman–Crippen MR) is 95.9 cm³/mol. The number of carbonyl (C=O) groups excluding carboxylic acids is 2. The van der Waals surface area contributed by atoms with Gasteiger partial charge in [0.2, 0.25) is 0 Å². The van der Waals surface area contributed by atoms with Gasteiger partial charge in [-0.2, -0.15) is 0 Å². The average Bonchev–Trinajstić information content (AvgIpc) is 2.92. The number of hydrazine groups is 1. The number of fused-ring (bicyclic) bond motifs is 1. The Bertz CT molecular complexity index is 1070. The van der Waals surface area contributed by atoms with E-state index < -0.39 is 16.7 Å².